The minimum absolute atomic E-state index is 0.0538. The first-order valence-corrected chi connectivity index (χ1v) is 13.6. The summed E-state index contributed by atoms with van der Waals surface area (Å²) in [5, 5.41) is 10.2. The van der Waals surface area contributed by atoms with Crippen molar-refractivity contribution in [3.05, 3.63) is 84.3 Å². The highest BCUT2D eigenvalue weighted by Gasteiger charge is 2.66. The molecule has 0 aliphatic heterocycles. The van der Waals surface area contributed by atoms with Crippen LogP contribution < -0.4 is 24.8 Å². The summed E-state index contributed by atoms with van der Waals surface area (Å²) in [5.41, 5.74) is 0.275. The summed E-state index contributed by atoms with van der Waals surface area (Å²) in [6.45, 7) is 1.90. The number of fused-ring (bicyclic) bond motifs is 1. The number of nitrogens with zero attached hydrogens (tertiary/aromatic N) is 4. The Bertz CT molecular complexity index is 1850. The van der Waals surface area contributed by atoms with Crippen LogP contribution in [0, 0.1) is 6.92 Å². The molecule has 3 aromatic carbocycles. The van der Waals surface area contributed by atoms with Crippen LogP contribution in [-0.2, 0) is 5.41 Å². The van der Waals surface area contributed by atoms with Gasteiger partial charge >= 0.3 is 12.2 Å². The van der Waals surface area contributed by atoms with Gasteiger partial charge in [0.05, 0.1) is 36.5 Å². The zero-order chi connectivity index (χ0) is 31.1. The Morgan fingerprint density at radius 3 is 2.34 bits per heavy atom. The first-order chi connectivity index (χ1) is 21.1. The van der Waals surface area contributed by atoms with E-state index in [9.17, 15) is 18.0 Å². The van der Waals surface area contributed by atoms with E-state index >= 15 is 0 Å². The summed E-state index contributed by atoms with van der Waals surface area (Å²) in [4.78, 5) is 21.6. The van der Waals surface area contributed by atoms with Crippen LogP contribution in [0.2, 0.25) is 0 Å². The quantitative estimate of drug-likeness (QED) is 0.193. The molecule has 6 rings (SSSR count). The number of methoxy groups -OCH3 is 2. The van der Waals surface area contributed by atoms with Crippen LogP contribution in [0.5, 0.6) is 23.1 Å². The molecule has 13 heteroatoms. The van der Waals surface area contributed by atoms with E-state index in [1.807, 2.05) is 19.1 Å². The van der Waals surface area contributed by atoms with Crippen LogP contribution in [0.4, 0.5) is 29.5 Å². The molecule has 0 unspecified atom stereocenters. The van der Waals surface area contributed by atoms with Crippen LogP contribution in [0.1, 0.15) is 24.1 Å². The van der Waals surface area contributed by atoms with Gasteiger partial charge in [-0.25, -0.2) is 19.4 Å². The van der Waals surface area contributed by atoms with Crippen LogP contribution >= 0.6 is 0 Å². The van der Waals surface area contributed by atoms with Crippen molar-refractivity contribution in [2.75, 3.05) is 24.9 Å². The molecule has 0 radical (unpaired) electrons. The fraction of sp³-hybridized carbons (Fsp3) is 0.226. The number of nitrogens with one attached hydrogen (secondary N) is 2. The largest absolute Gasteiger partial charge is 0.493 e. The number of anilines is 2. The van der Waals surface area contributed by atoms with Crippen LogP contribution in [0.15, 0.2) is 73.1 Å². The summed E-state index contributed by atoms with van der Waals surface area (Å²) >= 11 is 0. The maximum absolute atomic E-state index is 13.9. The Morgan fingerprint density at radius 2 is 1.66 bits per heavy atom. The molecule has 5 aromatic rings. The van der Waals surface area contributed by atoms with Gasteiger partial charge in [0.25, 0.3) is 0 Å². The molecule has 44 heavy (non-hydrogen) atoms. The first-order valence-electron chi connectivity index (χ1n) is 13.6. The maximum atomic E-state index is 13.9. The minimum Gasteiger partial charge on any atom is -0.493 e. The molecule has 10 nitrogen and oxygen atoms in total. The molecular weight excluding hydrogens is 577 g/mol. The molecule has 0 saturated heterocycles. The van der Waals surface area contributed by atoms with E-state index in [1.54, 1.807) is 48.5 Å². The molecule has 0 spiro atoms. The topological polar surface area (TPSA) is 112 Å². The fourth-order valence-electron chi connectivity index (χ4n) is 4.87. The average molecular weight is 605 g/mol. The van der Waals surface area contributed by atoms with Gasteiger partial charge in [0.15, 0.2) is 11.5 Å². The average Bonchev–Trinajstić information content (AvgIpc) is 3.73. The maximum Gasteiger partial charge on any atom is 0.400 e. The van der Waals surface area contributed by atoms with E-state index in [-0.39, 0.29) is 30.2 Å². The zero-order valence-electron chi connectivity index (χ0n) is 23.9. The van der Waals surface area contributed by atoms with E-state index in [4.69, 9.17) is 14.2 Å². The van der Waals surface area contributed by atoms with Crippen LogP contribution in [0.25, 0.3) is 16.6 Å². The number of urea groups is 1. The second kappa shape index (κ2) is 11.1. The molecule has 2 heterocycles. The van der Waals surface area contributed by atoms with E-state index in [0.717, 1.165) is 5.56 Å². The summed E-state index contributed by atoms with van der Waals surface area (Å²) in [7, 11) is 3.04. The van der Waals surface area contributed by atoms with Crippen molar-refractivity contribution >= 4 is 28.4 Å². The molecule has 2 amide bonds. The molecular formula is C31H27F3N6O4. The minimum atomic E-state index is -4.45. The Balaban J connectivity index is 1.24. The van der Waals surface area contributed by atoms with Crippen molar-refractivity contribution in [1.82, 2.24) is 19.7 Å². The third-order valence-electron chi connectivity index (χ3n) is 7.42. The number of benzene rings is 3. The molecule has 2 aromatic heterocycles. The fourth-order valence-corrected chi connectivity index (χ4v) is 4.87. The SMILES string of the molecule is COc1cc2ncnc(Oc3cccc(NC(=O)Nc4cc(C5(C(F)(F)F)CC5)nn4-c4ccc(C)cc4)c3)c2cc1OC. The number of aryl methyl sites for hydroxylation is 1. The van der Waals surface area contributed by atoms with Crippen molar-refractivity contribution in [2.24, 2.45) is 0 Å². The van der Waals surface area contributed by atoms with Crippen LogP contribution in [-0.4, -0.2) is 46.2 Å². The molecule has 0 bridgehead atoms. The standard InChI is InChI=1S/C31H27F3N6O4/c1-18-7-9-20(10-8-18)40-27(16-26(39-40)30(11-12-30)31(32,33)34)38-29(41)37-19-5-4-6-21(13-19)44-28-22-14-24(42-2)25(43-3)15-23(22)35-17-36-28/h4-10,13-17H,11-12H2,1-3H3,(H2,37,38,41). The molecule has 226 valence electrons. The van der Waals surface area contributed by atoms with Crippen LogP contribution in [0.3, 0.4) is 0 Å². The Morgan fingerprint density at radius 1 is 0.932 bits per heavy atom. The number of ether oxygens (including phenoxy) is 3. The van der Waals surface area contributed by atoms with Crippen molar-refractivity contribution in [3.8, 4) is 28.8 Å². The predicted octanol–water partition coefficient (Wildman–Crippen LogP) is 7.17. The second-order valence-electron chi connectivity index (χ2n) is 10.4. The van der Waals surface area contributed by atoms with Crippen molar-refractivity contribution in [1.29, 1.82) is 0 Å². The van der Waals surface area contributed by atoms with Crippen molar-refractivity contribution < 1.29 is 32.2 Å². The zero-order valence-corrected chi connectivity index (χ0v) is 23.9. The lowest BCUT2D eigenvalue weighted by atomic mass is 10.0. The molecule has 2 N–H and O–H groups in total. The molecule has 1 aliphatic rings. The molecule has 1 aliphatic carbocycles. The Kier molecular flexibility index (Phi) is 7.23. The third kappa shape index (κ3) is 5.43. The van der Waals surface area contributed by atoms with E-state index < -0.39 is 17.6 Å². The molecule has 0 atom stereocenters. The van der Waals surface area contributed by atoms with Gasteiger partial charge in [-0.3, -0.25) is 5.32 Å². The summed E-state index contributed by atoms with van der Waals surface area (Å²) < 4.78 is 59.8. The number of carbonyl (C=O) groups excluding carboxylic acids is 1. The monoisotopic (exact) mass is 604 g/mol. The second-order valence-corrected chi connectivity index (χ2v) is 10.4. The van der Waals surface area contributed by atoms with Gasteiger partial charge in [-0.15, -0.1) is 0 Å². The Labute approximate surface area is 249 Å². The number of aromatic nitrogens is 4. The highest BCUT2D eigenvalue weighted by atomic mass is 19.4. The normalized spacial score (nSPS) is 13.8. The van der Waals surface area contributed by atoms with Gasteiger partial charge in [-0.05, 0) is 50.1 Å². The van der Waals surface area contributed by atoms with Crippen molar-refractivity contribution in [2.45, 2.75) is 31.4 Å². The van der Waals surface area contributed by atoms with E-state index in [2.05, 4.69) is 25.7 Å². The van der Waals surface area contributed by atoms with Gasteiger partial charge < -0.3 is 19.5 Å². The first kappa shape index (κ1) is 28.8. The Hall–Kier alpha value is -5.33. The van der Waals surface area contributed by atoms with Gasteiger partial charge in [0.1, 0.15) is 23.3 Å². The van der Waals surface area contributed by atoms with Gasteiger partial charge in [-0.2, -0.15) is 18.3 Å². The lowest BCUT2D eigenvalue weighted by molar-refractivity contribution is -0.161. The smallest absolute Gasteiger partial charge is 0.400 e. The number of amides is 2. The lowest BCUT2D eigenvalue weighted by Crippen LogP contribution is -2.29. The van der Waals surface area contributed by atoms with E-state index in [0.29, 0.717) is 39.5 Å². The molecule has 1 fully saturated rings. The lowest BCUT2D eigenvalue weighted by Gasteiger charge is -2.16. The van der Waals surface area contributed by atoms with Gasteiger partial charge in [0, 0.05) is 23.9 Å². The number of alkyl halides is 3. The number of halogens is 3. The number of hydrogen-bond acceptors (Lipinski definition) is 7. The predicted molar refractivity (Wildman–Crippen MR) is 157 cm³/mol. The number of hydrogen-bond donors (Lipinski definition) is 2. The summed E-state index contributed by atoms with van der Waals surface area (Å²) in [6, 6.07) is 17.7. The summed E-state index contributed by atoms with van der Waals surface area (Å²) in [5.74, 6) is 1.70. The summed E-state index contributed by atoms with van der Waals surface area (Å²) in [6.07, 6.45) is -3.20. The highest BCUT2D eigenvalue weighted by molar-refractivity contribution is 5.99. The van der Waals surface area contributed by atoms with Gasteiger partial charge in [-0.1, -0.05) is 23.8 Å². The number of rotatable bonds is 8. The number of carbonyl (C=O) groups is 1. The van der Waals surface area contributed by atoms with E-state index in [1.165, 1.54) is 31.3 Å². The van der Waals surface area contributed by atoms with Gasteiger partial charge in [0.2, 0.25) is 5.88 Å². The van der Waals surface area contributed by atoms with Crippen molar-refractivity contribution in [3.63, 3.8) is 0 Å². The molecule has 1 saturated carbocycles. The highest BCUT2D eigenvalue weighted by Crippen LogP contribution is 2.58. The third-order valence-corrected chi connectivity index (χ3v) is 7.42.